The van der Waals surface area contributed by atoms with Crippen LogP contribution in [0.5, 0.6) is 17.2 Å². The third-order valence-electron chi connectivity index (χ3n) is 2.53. The second kappa shape index (κ2) is 7.03. The molecule has 0 fully saturated rings. The summed E-state index contributed by atoms with van der Waals surface area (Å²) in [5.74, 6) is 0.590. The van der Waals surface area contributed by atoms with E-state index in [2.05, 4.69) is 0 Å². The Balaban J connectivity index is 2.32. The molecule has 3 nitrogen and oxygen atoms in total. The SMILES string of the molecule is CCC(=O)Oc1cc(Cl)ccc1Oc1ccc(Cl)cc1Cl. The molecule has 0 aliphatic heterocycles. The van der Waals surface area contributed by atoms with Crippen LogP contribution in [0.4, 0.5) is 0 Å². The highest BCUT2D eigenvalue weighted by atomic mass is 35.5. The lowest BCUT2D eigenvalue weighted by molar-refractivity contribution is -0.134. The van der Waals surface area contributed by atoms with Gasteiger partial charge in [-0.3, -0.25) is 4.79 Å². The Labute approximate surface area is 137 Å². The topological polar surface area (TPSA) is 35.5 Å². The van der Waals surface area contributed by atoms with Crippen LogP contribution < -0.4 is 9.47 Å². The van der Waals surface area contributed by atoms with Crippen LogP contribution in [0.2, 0.25) is 15.1 Å². The van der Waals surface area contributed by atoms with E-state index >= 15 is 0 Å². The molecule has 0 saturated carbocycles. The molecular weight excluding hydrogens is 335 g/mol. The van der Waals surface area contributed by atoms with E-state index in [1.807, 2.05) is 0 Å². The third kappa shape index (κ3) is 4.27. The van der Waals surface area contributed by atoms with Gasteiger partial charge in [0.1, 0.15) is 5.75 Å². The van der Waals surface area contributed by atoms with Crippen LogP contribution in [0.25, 0.3) is 0 Å². The molecule has 0 saturated heterocycles. The van der Waals surface area contributed by atoms with Crippen molar-refractivity contribution in [3.05, 3.63) is 51.5 Å². The fraction of sp³-hybridized carbons (Fsp3) is 0.133. The van der Waals surface area contributed by atoms with Crippen molar-refractivity contribution in [2.75, 3.05) is 0 Å². The van der Waals surface area contributed by atoms with Crippen molar-refractivity contribution in [2.24, 2.45) is 0 Å². The predicted octanol–water partition coefficient (Wildman–Crippen LogP) is 5.75. The minimum Gasteiger partial charge on any atom is -0.452 e. The Morgan fingerprint density at radius 1 is 0.952 bits per heavy atom. The Hall–Kier alpha value is -1.42. The van der Waals surface area contributed by atoms with Crippen LogP contribution in [-0.4, -0.2) is 5.97 Å². The zero-order valence-corrected chi connectivity index (χ0v) is 13.3. The predicted molar refractivity (Wildman–Crippen MR) is 83.9 cm³/mol. The summed E-state index contributed by atoms with van der Waals surface area (Å²) in [6.07, 6.45) is 0.244. The molecule has 2 aromatic rings. The summed E-state index contributed by atoms with van der Waals surface area (Å²) >= 11 is 17.8. The molecule has 0 bridgehead atoms. The molecule has 0 aliphatic carbocycles. The van der Waals surface area contributed by atoms with Crippen molar-refractivity contribution in [3.8, 4) is 17.2 Å². The van der Waals surface area contributed by atoms with E-state index in [-0.39, 0.29) is 18.1 Å². The highest BCUT2D eigenvalue weighted by molar-refractivity contribution is 6.35. The molecule has 2 rings (SSSR count). The van der Waals surface area contributed by atoms with Gasteiger partial charge in [0.05, 0.1) is 5.02 Å². The average Bonchev–Trinajstić information content (AvgIpc) is 2.44. The zero-order valence-electron chi connectivity index (χ0n) is 11.0. The number of esters is 1. The molecule has 0 aliphatic rings. The van der Waals surface area contributed by atoms with Crippen LogP contribution in [0, 0.1) is 0 Å². The van der Waals surface area contributed by atoms with Gasteiger partial charge in [0.15, 0.2) is 11.5 Å². The molecule has 110 valence electrons. The molecule has 0 radical (unpaired) electrons. The standard InChI is InChI=1S/C15H11Cl3O3/c1-2-15(19)21-14-8-10(17)4-6-13(14)20-12-5-3-9(16)7-11(12)18/h3-8H,2H2,1H3. The van der Waals surface area contributed by atoms with Gasteiger partial charge >= 0.3 is 5.97 Å². The molecule has 21 heavy (non-hydrogen) atoms. The summed E-state index contributed by atoms with van der Waals surface area (Å²) in [6.45, 7) is 1.70. The van der Waals surface area contributed by atoms with Crippen LogP contribution in [0.1, 0.15) is 13.3 Å². The summed E-state index contributed by atoms with van der Waals surface area (Å²) in [5, 5.41) is 1.29. The smallest absolute Gasteiger partial charge is 0.311 e. The van der Waals surface area contributed by atoms with Crippen molar-refractivity contribution in [3.63, 3.8) is 0 Å². The van der Waals surface area contributed by atoms with Gasteiger partial charge in [-0.15, -0.1) is 0 Å². The van der Waals surface area contributed by atoms with E-state index in [1.165, 1.54) is 6.07 Å². The summed E-state index contributed by atoms with van der Waals surface area (Å²) in [4.78, 5) is 11.4. The first-order valence-electron chi connectivity index (χ1n) is 6.12. The number of hydrogen-bond donors (Lipinski definition) is 0. The molecule has 0 N–H and O–H groups in total. The first-order chi connectivity index (χ1) is 9.99. The van der Waals surface area contributed by atoms with Gasteiger partial charge in [-0.1, -0.05) is 41.7 Å². The van der Waals surface area contributed by atoms with Crippen molar-refractivity contribution < 1.29 is 14.3 Å². The third-order valence-corrected chi connectivity index (χ3v) is 3.30. The molecule has 0 aromatic heterocycles. The van der Waals surface area contributed by atoms with E-state index in [0.717, 1.165) is 0 Å². The van der Waals surface area contributed by atoms with E-state index < -0.39 is 0 Å². The molecule has 0 amide bonds. The highest BCUT2D eigenvalue weighted by Gasteiger charge is 2.12. The maximum absolute atomic E-state index is 11.4. The summed E-state index contributed by atoms with van der Waals surface area (Å²) in [6, 6.07) is 9.58. The summed E-state index contributed by atoms with van der Waals surface area (Å²) < 4.78 is 10.9. The average molecular weight is 346 g/mol. The summed E-state index contributed by atoms with van der Waals surface area (Å²) in [7, 11) is 0. The lowest BCUT2D eigenvalue weighted by atomic mass is 10.3. The fourth-order valence-corrected chi connectivity index (χ4v) is 2.13. The number of benzene rings is 2. The molecule has 6 heteroatoms. The summed E-state index contributed by atoms with van der Waals surface area (Å²) in [5.41, 5.74) is 0. The number of ether oxygens (including phenoxy) is 2. The van der Waals surface area contributed by atoms with Gasteiger partial charge in [-0.2, -0.15) is 0 Å². The van der Waals surface area contributed by atoms with Crippen LogP contribution in [-0.2, 0) is 4.79 Å². The van der Waals surface area contributed by atoms with Crippen molar-refractivity contribution in [2.45, 2.75) is 13.3 Å². The van der Waals surface area contributed by atoms with Gasteiger partial charge in [0.2, 0.25) is 0 Å². The Kier molecular flexibility index (Phi) is 5.34. The number of halogens is 3. The van der Waals surface area contributed by atoms with Crippen molar-refractivity contribution >= 4 is 40.8 Å². The van der Waals surface area contributed by atoms with Gasteiger partial charge in [-0.25, -0.2) is 0 Å². The van der Waals surface area contributed by atoms with Crippen LogP contribution in [0.15, 0.2) is 36.4 Å². The van der Waals surface area contributed by atoms with E-state index in [4.69, 9.17) is 44.3 Å². The molecule has 2 aromatic carbocycles. The Morgan fingerprint density at radius 2 is 1.57 bits per heavy atom. The number of carbonyl (C=O) groups excluding carboxylic acids is 1. The van der Waals surface area contributed by atoms with E-state index in [1.54, 1.807) is 37.3 Å². The van der Waals surface area contributed by atoms with Gasteiger partial charge in [0, 0.05) is 22.5 Å². The first-order valence-corrected chi connectivity index (χ1v) is 7.26. The largest absolute Gasteiger partial charge is 0.452 e. The number of hydrogen-bond acceptors (Lipinski definition) is 3. The maximum Gasteiger partial charge on any atom is 0.311 e. The van der Waals surface area contributed by atoms with Gasteiger partial charge in [0.25, 0.3) is 0 Å². The van der Waals surface area contributed by atoms with Crippen molar-refractivity contribution in [1.29, 1.82) is 0 Å². The molecule has 0 heterocycles. The lowest BCUT2D eigenvalue weighted by Gasteiger charge is -2.12. The van der Waals surface area contributed by atoms with Gasteiger partial charge < -0.3 is 9.47 Å². The van der Waals surface area contributed by atoms with Crippen LogP contribution in [0.3, 0.4) is 0 Å². The van der Waals surface area contributed by atoms with E-state index in [9.17, 15) is 4.79 Å². The Bertz CT molecular complexity index is 671. The van der Waals surface area contributed by atoms with E-state index in [0.29, 0.717) is 26.6 Å². The van der Waals surface area contributed by atoms with Crippen molar-refractivity contribution in [1.82, 2.24) is 0 Å². The van der Waals surface area contributed by atoms with Crippen LogP contribution >= 0.6 is 34.8 Å². The monoisotopic (exact) mass is 344 g/mol. The molecule has 0 atom stereocenters. The number of rotatable bonds is 4. The lowest BCUT2D eigenvalue weighted by Crippen LogP contribution is -2.06. The second-order valence-corrected chi connectivity index (χ2v) is 5.38. The molecule has 0 unspecified atom stereocenters. The minimum atomic E-state index is -0.385. The maximum atomic E-state index is 11.4. The quantitative estimate of drug-likeness (QED) is 0.522. The fourth-order valence-electron chi connectivity index (χ4n) is 1.52. The van der Waals surface area contributed by atoms with Gasteiger partial charge in [-0.05, 0) is 30.3 Å². The highest BCUT2D eigenvalue weighted by Crippen LogP contribution is 2.37. The normalized spacial score (nSPS) is 10.3. The minimum absolute atomic E-state index is 0.236. The molecule has 0 spiro atoms. The number of carbonyl (C=O) groups is 1. The molecular formula is C15H11Cl3O3. The zero-order chi connectivity index (χ0) is 15.4. The second-order valence-electron chi connectivity index (χ2n) is 4.10. The Morgan fingerprint density at radius 3 is 2.19 bits per heavy atom. The first kappa shape index (κ1) is 16.0.